The molecule has 6 heteroatoms. The van der Waals surface area contributed by atoms with E-state index in [0.29, 0.717) is 11.7 Å². The quantitative estimate of drug-likeness (QED) is 0.863. The van der Waals surface area contributed by atoms with E-state index in [2.05, 4.69) is 15.5 Å². The standard InChI is InChI=1S/C15H18N4OS/c1-10-3-7-12(8-4-10)16-13(20)9-21-15-18-17-14(19(15)2)11-5-6-11/h3-4,7-8,11H,5-6,9H2,1-2H3,(H,16,20). The highest BCUT2D eigenvalue weighted by molar-refractivity contribution is 7.99. The van der Waals surface area contributed by atoms with Crippen LogP contribution in [0.25, 0.3) is 0 Å². The molecule has 110 valence electrons. The number of carbonyl (C=O) groups is 1. The van der Waals surface area contributed by atoms with Gasteiger partial charge in [0.15, 0.2) is 5.16 Å². The number of benzene rings is 1. The molecule has 0 aliphatic heterocycles. The highest BCUT2D eigenvalue weighted by Gasteiger charge is 2.29. The van der Waals surface area contributed by atoms with Crippen LogP contribution in [0.2, 0.25) is 0 Å². The van der Waals surface area contributed by atoms with Crippen LogP contribution < -0.4 is 5.32 Å². The van der Waals surface area contributed by atoms with Crippen molar-refractivity contribution in [3.63, 3.8) is 0 Å². The second kappa shape index (κ2) is 5.89. The normalized spacial score (nSPS) is 14.2. The molecule has 0 spiro atoms. The van der Waals surface area contributed by atoms with Crippen LogP contribution in [-0.2, 0) is 11.8 Å². The number of amides is 1. The molecule has 1 amide bonds. The first-order chi connectivity index (χ1) is 10.1. The SMILES string of the molecule is Cc1ccc(NC(=O)CSc2nnc(C3CC3)n2C)cc1. The molecule has 21 heavy (non-hydrogen) atoms. The first kappa shape index (κ1) is 14.1. The first-order valence-electron chi connectivity index (χ1n) is 7.02. The Morgan fingerprint density at radius 2 is 2.05 bits per heavy atom. The minimum Gasteiger partial charge on any atom is -0.325 e. The number of aryl methyl sites for hydroxylation is 1. The summed E-state index contributed by atoms with van der Waals surface area (Å²) in [5.41, 5.74) is 2.00. The van der Waals surface area contributed by atoms with E-state index in [-0.39, 0.29) is 5.91 Å². The summed E-state index contributed by atoms with van der Waals surface area (Å²) in [6, 6.07) is 7.78. The fraction of sp³-hybridized carbons (Fsp3) is 0.400. The van der Waals surface area contributed by atoms with Gasteiger partial charge in [0.2, 0.25) is 5.91 Å². The topological polar surface area (TPSA) is 59.8 Å². The van der Waals surface area contributed by atoms with Gasteiger partial charge in [0.25, 0.3) is 0 Å². The van der Waals surface area contributed by atoms with Gasteiger partial charge in [-0.3, -0.25) is 4.79 Å². The lowest BCUT2D eigenvalue weighted by molar-refractivity contribution is -0.113. The third-order valence-corrected chi connectivity index (χ3v) is 4.50. The minimum atomic E-state index is -0.0279. The Hall–Kier alpha value is -1.82. The van der Waals surface area contributed by atoms with Crippen molar-refractivity contribution in [2.45, 2.75) is 30.8 Å². The van der Waals surface area contributed by atoms with Gasteiger partial charge in [-0.15, -0.1) is 10.2 Å². The maximum atomic E-state index is 11.9. The van der Waals surface area contributed by atoms with E-state index in [4.69, 9.17) is 0 Å². The molecule has 2 aromatic rings. The number of anilines is 1. The Balaban J connectivity index is 1.54. The van der Waals surface area contributed by atoms with Gasteiger partial charge in [0, 0.05) is 18.7 Å². The number of nitrogens with one attached hydrogen (secondary N) is 1. The number of hydrogen-bond acceptors (Lipinski definition) is 4. The summed E-state index contributed by atoms with van der Waals surface area (Å²) in [5, 5.41) is 12.1. The van der Waals surface area contributed by atoms with Crippen LogP contribution in [0.4, 0.5) is 5.69 Å². The number of aromatic nitrogens is 3. The zero-order chi connectivity index (χ0) is 14.8. The van der Waals surface area contributed by atoms with Gasteiger partial charge in [-0.2, -0.15) is 0 Å². The van der Waals surface area contributed by atoms with E-state index in [1.165, 1.54) is 30.2 Å². The number of nitrogens with zero attached hydrogens (tertiary/aromatic N) is 3. The molecule has 0 unspecified atom stereocenters. The summed E-state index contributed by atoms with van der Waals surface area (Å²) in [5.74, 6) is 1.92. The van der Waals surface area contributed by atoms with E-state index in [1.807, 2.05) is 42.8 Å². The van der Waals surface area contributed by atoms with Crippen LogP contribution in [0.3, 0.4) is 0 Å². The highest BCUT2D eigenvalue weighted by atomic mass is 32.2. The monoisotopic (exact) mass is 302 g/mol. The molecule has 1 fully saturated rings. The summed E-state index contributed by atoms with van der Waals surface area (Å²) < 4.78 is 2.00. The molecule has 1 aromatic carbocycles. The Morgan fingerprint density at radius 3 is 2.71 bits per heavy atom. The second-order valence-electron chi connectivity index (χ2n) is 5.38. The maximum absolute atomic E-state index is 11.9. The molecule has 1 N–H and O–H groups in total. The molecule has 0 saturated heterocycles. The molecular weight excluding hydrogens is 284 g/mol. The molecule has 1 aliphatic carbocycles. The molecule has 1 aliphatic rings. The van der Waals surface area contributed by atoms with Crippen molar-refractivity contribution < 1.29 is 4.79 Å². The lowest BCUT2D eigenvalue weighted by Crippen LogP contribution is -2.14. The van der Waals surface area contributed by atoms with Crippen LogP contribution in [-0.4, -0.2) is 26.4 Å². The van der Waals surface area contributed by atoms with Gasteiger partial charge >= 0.3 is 0 Å². The summed E-state index contributed by atoms with van der Waals surface area (Å²) in [7, 11) is 1.97. The summed E-state index contributed by atoms with van der Waals surface area (Å²) >= 11 is 1.42. The van der Waals surface area contributed by atoms with Gasteiger partial charge in [-0.05, 0) is 31.9 Å². The molecule has 3 rings (SSSR count). The molecule has 5 nitrogen and oxygen atoms in total. The van der Waals surface area contributed by atoms with Crippen LogP contribution >= 0.6 is 11.8 Å². The zero-order valence-corrected chi connectivity index (χ0v) is 13.0. The van der Waals surface area contributed by atoms with Crippen molar-refractivity contribution in [2.24, 2.45) is 7.05 Å². The fourth-order valence-corrected chi connectivity index (χ4v) is 2.83. The van der Waals surface area contributed by atoms with Gasteiger partial charge in [0.05, 0.1) is 5.75 Å². The van der Waals surface area contributed by atoms with E-state index in [0.717, 1.165) is 16.7 Å². The molecule has 0 radical (unpaired) electrons. The van der Waals surface area contributed by atoms with E-state index in [1.54, 1.807) is 0 Å². The van der Waals surface area contributed by atoms with Crippen molar-refractivity contribution in [1.82, 2.24) is 14.8 Å². The average Bonchev–Trinajstić information content (AvgIpc) is 3.24. The van der Waals surface area contributed by atoms with Crippen LogP contribution in [0, 0.1) is 6.92 Å². The third-order valence-electron chi connectivity index (χ3n) is 3.48. The Morgan fingerprint density at radius 1 is 1.33 bits per heavy atom. The minimum absolute atomic E-state index is 0.0279. The number of rotatable bonds is 5. The van der Waals surface area contributed by atoms with Gasteiger partial charge in [-0.25, -0.2) is 0 Å². The van der Waals surface area contributed by atoms with Crippen LogP contribution in [0.1, 0.15) is 30.1 Å². The molecule has 1 saturated carbocycles. The average molecular weight is 302 g/mol. The fourth-order valence-electron chi connectivity index (χ4n) is 2.11. The third kappa shape index (κ3) is 3.44. The van der Waals surface area contributed by atoms with Crippen molar-refractivity contribution in [1.29, 1.82) is 0 Å². The van der Waals surface area contributed by atoms with Crippen molar-refractivity contribution in [2.75, 3.05) is 11.1 Å². The first-order valence-corrected chi connectivity index (χ1v) is 8.00. The van der Waals surface area contributed by atoms with Gasteiger partial charge < -0.3 is 9.88 Å². The van der Waals surface area contributed by atoms with E-state index < -0.39 is 0 Å². The number of thioether (sulfide) groups is 1. The van der Waals surface area contributed by atoms with Crippen molar-refractivity contribution >= 4 is 23.4 Å². The maximum Gasteiger partial charge on any atom is 0.234 e. The largest absolute Gasteiger partial charge is 0.325 e. The Bertz CT molecular complexity index is 646. The predicted molar refractivity (Wildman–Crippen MR) is 83.5 cm³/mol. The predicted octanol–water partition coefficient (Wildman–Crippen LogP) is 2.73. The highest BCUT2D eigenvalue weighted by Crippen LogP contribution is 2.39. The van der Waals surface area contributed by atoms with Crippen molar-refractivity contribution in [3.05, 3.63) is 35.7 Å². The molecule has 0 bridgehead atoms. The van der Waals surface area contributed by atoms with E-state index >= 15 is 0 Å². The second-order valence-corrected chi connectivity index (χ2v) is 6.32. The number of hydrogen-bond donors (Lipinski definition) is 1. The summed E-state index contributed by atoms with van der Waals surface area (Å²) in [4.78, 5) is 11.9. The zero-order valence-electron chi connectivity index (χ0n) is 12.2. The van der Waals surface area contributed by atoms with Gasteiger partial charge in [-0.1, -0.05) is 29.5 Å². The molecule has 0 atom stereocenters. The van der Waals surface area contributed by atoms with Crippen LogP contribution in [0.5, 0.6) is 0 Å². The molecular formula is C15H18N4OS. The molecule has 1 heterocycles. The molecule has 1 aromatic heterocycles. The summed E-state index contributed by atoms with van der Waals surface area (Å²) in [6.45, 7) is 2.02. The summed E-state index contributed by atoms with van der Waals surface area (Å²) in [6.07, 6.45) is 2.40. The lowest BCUT2D eigenvalue weighted by atomic mass is 10.2. The van der Waals surface area contributed by atoms with Gasteiger partial charge in [0.1, 0.15) is 5.82 Å². The Labute approximate surface area is 128 Å². The van der Waals surface area contributed by atoms with Crippen LogP contribution in [0.15, 0.2) is 29.4 Å². The van der Waals surface area contributed by atoms with Crippen molar-refractivity contribution in [3.8, 4) is 0 Å². The van der Waals surface area contributed by atoms with E-state index in [9.17, 15) is 4.79 Å². The smallest absolute Gasteiger partial charge is 0.234 e. The Kier molecular flexibility index (Phi) is 3.96. The number of carbonyl (C=O) groups excluding carboxylic acids is 1. The lowest BCUT2D eigenvalue weighted by Gasteiger charge is -2.05.